The molecule has 0 saturated carbocycles. The summed E-state index contributed by atoms with van der Waals surface area (Å²) in [4.78, 5) is 31.2. The third kappa shape index (κ3) is 5.39. The number of carbonyl (C=O) groups is 1. The van der Waals surface area contributed by atoms with Crippen molar-refractivity contribution < 1.29 is 9.18 Å². The highest BCUT2D eigenvalue weighted by Gasteiger charge is 2.13. The molecule has 0 radical (unpaired) electrons. The Morgan fingerprint density at radius 2 is 1.90 bits per heavy atom. The first-order chi connectivity index (χ1) is 15.1. The number of carbonyl (C=O) groups excluding carboxylic acids is 1. The minimum atomic E-state index is -0.312. The third-order valence-electron chi connectivity index (χ3n) is 4.72. The van der Waals surface area contributed by atoms with E-state index in [1.54, 1.807) is 40.2 Å². The summed E-state index contributed by atoms with van der Waals surface area (Å²) in [5, 5.41) is 5.92. The van der Waals surface area contributed by atoms with Crippen molar-refractivity contribution in [2.24, 2.45) is 0 Å². The lowest BCUT2D eigenvalue weighted by Crippen LogP contribution is -2.27. The Labute approximate surface area is 187 Å². The molecule has 0 bridgehead atoms. The maximum Gasteiger partial charge on any atom is 0.262 e. The molecular weight excluding hydrogens is 433 g/mol. The van der Waals surface area contributed by atoms with Gasteiger partial charge in [-0.05, 0) is 47.7 Å². The van der Waals surface area contributed by atoms with Crippen LogP contribution in [-0.4, -0.2) is 21.2 Å². The van der Waals surface area contributed by atoms with E-state index in [1.165, 1.54) is 28.8 Å². The molecular formula is C23H20FN3O2S2. The molecule has 0 aliphatic rings. The van der Waals surface area contributed by atoms with E-state index in [-0.39, 0.29) is 23.0 Å². The van der Waals surface area contributed by atoms with Gasteiger partial charge in [-0.25, -0.2) is 9.37 Å². The maximum absolute atomic E-state index is 13.1. The molecule has 0 spiro atoms. The zero-order chi connectivity index (χ0) is 21.6. The summed E-state index contributed by atoms with van der Waals surface area (Å²) >= 11 is 2.89. The number of nitrogens with zero attached hydrogens (tertiary/aromatic N) is 2. The Balaban J connectivity index is 1.48. The topological polar surface area (TPSA) is 64.0 Å². The van der Waals surface area contributed by atoms with E-state index in [2.05, 4.69) is 10.3 Å². The number of aromatic nitrogens is 2. The Morgan fingerprint density at radius 3 is 2.68 bits per heavy atom. The number of halogens is 1. The largest absolute Gasteiger partial charge is 0.351 e. The van der Waals surface area contributed by atoms with Crippen LogP contribution in [0.2, 0.25) is 0 Å². The predicted octanol–water partition coefficient (Wildman–Crippen LogP) is 4.25. The van der Waals surface area contributed by atoms with Crippen LogP contribution in [-0.2, 0) is 24.3 Å². The molecule has 2 aromatic carbocycles. The normalized spacial score (nSPS) is 11.0. The van der Waals surface area contributed by atoms with E-state index in [1.807, 2.05) is 29.6 Å². The highest BCUT2D eigenvalue weighted by Crippen LogP contribution is 2.19. The Kier molecular flexibility index (Phi) is 6.79. The van der Waals surface area contributed by atoms with Gasteiger partial charge in [-0.3, -0.25) is 14.2 Å². The van der Waals surface area contributed by atoms with E-state index in [0.29, 0.717) is 29.1 Å². The lowest BCUT2D eigenvalue weighted by Gasteiger charge is -2.13. The number of nitrogens with one attached hydrogen (secondary N) is 1. The fraction of sp³-hybridized carbons (Fsp3) is 0.174. The van der Waals surface area contributed by atoms with E-state index in [9.17, 15) is 14.0 Å². The van der Waals surface area contributed by atoms with Gasteiger partial charge in [0.25, 0.3) is 5.56 Å². The summed E-state index contributed by atoms with van der Waals surface area (Å²) in [6.45, 7) is 0.812. The van der Waals surface area contributed by atoms with Crippen molar-refractivity contribution in [3.63, 3.8) is 0 Å². The second kappa shape index (κ2) is 9.89. The molecule has 31 heavy (non-hydrogen) atoms. The SMILES string of the molecule is O=C(CSc1nc2ccccc2c(=O)n1CCc1cccs1)NCc1ccc(F)cc1. The highest BCUT2D eigenvalue weighted by molar-refractivity contribution is 7.99. The highest BCUT2D eigenvalue weighted by atomic mass is 32.2. The molecule has 4 aromatic rings. The molecule has 0 unspecified atom stereocenters. The van der Waals surface area contributed by atoms with Crippen LogP contribution in [0, 0.1) is 5.82 Å². The standard InChI is InChI=1S/C23H20FN3O2S2/c24-17-9-7-16(8-10-17)14-25-21(28)15-31-23-26-20-6-2-1-5-19(20)22(29)27(23)12-11-18-4-3-13-30-18/h1-10,13H,11-12,14-15H2,(H,25,28). The monoisotopic (exact) mass is 453 g/mol. The zero-order valence-electron chi connectivity index (χ0n) is 16.6. The molecule has 1 N–H and O–H groups in total. The van der Waals surface area contributed by atoms with Gasteiger partial charge in [0.2, 0.25) is 5.91 Å². The molecule has 4 rings (SSSR count). The van der Waals surface area contributed by atoms with Gasteiger partial charge in [0.1, 0.15) is 5.82 Å². The molecule has 1 amide bonds. The van der Waals surface area contributed by atoms with E-state index in [4.69, 9.17) is 0 Å². The fourth-order valence-corrected chi connectivity index (χ4v) is 4.67. The lowest BCUT2D eigenvalue weighted by molar-refractivity contribution is -0.118. The van der Waals surface area contributed by atoms with Gasteiger partial charge in [0.15, 0.2) is 5.16 Å². The molecule has 0 aliphatic carbocycles. The van der Waals surface area contributed by atoms with Crippen molar-refractivity contribution in [3.8, 4) is 0 Å². The Bertz CT molecular complexity index is 1240. The summed E-state index contributed by atoms with van der Waals surface area (Å²) in [7, 11) is 0. The van der Waals surface area contributed by atoms with Crippen molar-refractivity contribution in [1.82, 2.24) is 14.9 Å². The number of hydrogen-bond donors (Lipinski definition) is 1. The summed E-state index contributed by atoms with van der Waals surface area (Å²) in [5.74, 6) is -0.361. The number of rotatable bonds is 8. The summed E-state index contributed by atoms with van der Waals surface area (Å²) < 4.78 is 14.7. The van der Waals surface area contributed by atoms with Crippen LogP contribution in [0.3, 0.4) is 0 Å². The molecule has 0 saturated heterocycles. The second-order valence-electron chi connectivity index (χ2n) is 6.89. The Morgan fingerprint density at radius 1 is 1.10 bits per heavy atom. The minimum absolute atomic E-state index is 0.101. The number of amides is 1. The lowest BCUT2D eigenvalue weighted by atomic mass is 10.2. The molecule has 8 heteroatoms. The molecule has 0 fully saturated rings. The summed E-state index contributed by atoms with van der Waals surface area (Å²) in [5.41, 5.74) is 1.34. The van der Waals surface area contributed by atoms with Crippen molar-refractivity contribution in [2.45, 2.75) is 24.7 Å². The number of thiophene rings is 1. The first-order valence-electron chi connectivity index (χ1n) is 9.76. The summed E-state index contributed by atoms with van der Waals surface area (Å²) in [6.07, 6.45) is 0.724. The zero-order valence-corrected chi connectivity index (χ0v) is 18.2. The number of para-hydroxylation sites is 1. The first-order valence-corrected chi connectivity index (χ1v) is 11.6. The van der Waals surface area contributed by atoms with Crippen LogP contribution in [0.5, 0.6) is 0 Å². The van der Waals surface area contributed by atoms with E-state index >= 15 is 0 Å². The summed E-state index contributed by atoms with van der Waals surface area (Å²) in [6, 6.07) is 17.3. The van der Waals surface area contributed by atoms with Gasteiger partial charge >= 0.3 is 0 Å². The quantitative estimate of drug-likeness (QED) is 0.320. The van der Waals surface area contributed by atoms with Gasteiger partial charge in [0, 0.05) is 18.0 Å². The second-order valence-corrected chi connectivity index (χ2v) is 8.86. The van der Waals surface area contributed by atoms with Crippen LogP contribution in [0.25, 0.3) is 10.9 Å². The minimum Gasteiger partial charge on any atom is -0.351 e. The molecule has 158 valence electrons. The van der Waals surface area contributed by atoms with Gasteiger partial charge in [-0.2, -0.15) is 0 Å². The van der Waals surface area contributed by atoms with Crippen LogP contribution < -0.4 is 10.9 Å². The third-order valence-corrected chi connectivity index (χ3v) is 6.64. The van der Waals surface area contributed by atoms with E-state index in [0.717, 1.165) is 12.0 Å². The molecule has 2 heterocycles. The smallest absolute Gasteiger partial charge is 0.262 e. The predicted molar refractivity (Wildman–Crippen MR) is 123 cm³/mol. The van der Waals surface area contributed by atoms with Gasteiger partial charge < -0.3 is 5.32 Å². The van der Waals surface area contributed by atoms with Crippen molar-refractivity contribution in [1.29, 1.82) is 0 Å². The van der Waals surface area contributed by atoms with Crippen molar-refractivity contribution >= 4 is 39.9 Å². The molecule has 5 nitrogen and oxygen atoms in total. The number of hydrogen-bond acceptors (Lipinski definition) is 5. The molecule has 0 atom stereocenters. The van der Waals surface area contributed by atoms with Crippen molar-refractivity contribution in [3.05, 3.63) is 92.7 Å². The van der Waals surface area contributed by atoms with Crippen LogP contribution in [0.4, 0.5) is 4.39 Å². The van der Waals surface area contributed by atoms with Gasteiger partial charge in [-0.15, -0.1) is 11.3 Å². The van der Waals surface area contributed by atoms with Crippen LogP contribution in [0.1, 0.15) is 10.4 Å². The van der Waals surface area contributed by atoms with Gasteiger partial charge in [0.05, 0.1) is 16.7 Å². The average Bonchev–Trinajstić information content (AvgIpc) is 3.30. The number of benzene rings is 2. The van der Waals surface area contributed by atoms with E-state index < -0.39 is 0 Å². The van der Waals surface area contributed by atoms with Crippen LogP contribution >= 0.6 is 23.1 Å². The number of fused-ring (bicyclic) bond motifs is 1. The van der Waals surface area contributed by atoms with Crippen LogP contribution in [0.15, 0.2) is 76.0 Å². The molecule has 2 aromatic heterocycles. The Hall–Kier alpha value is -2.97. The average molecular weight is 454 g/mol. The van der Waals surface area contributed by atoms with Crippen molar-refractivity contribution in [2.75, 3.05) is 5.75 Å². The number of thioether (sulfide) groups is 1. The molecule has 0 aliphatic heterocycles. The maximum atomic E-state index is 13.1. The first kappa shape index (κ1) is 21.3. The fourth-order valence-electron chi connectivity index (χ4n) is 3.12. The van der Waals surface area contributed by atoms with Gasteiger partial charge in [-0.1, -0.05) is 42.1 Å². The number of aryl methyl sites for hydroxylation is 1.